The van der Waals surface area contributed by atoms with E-state index >= 15 is 0 Å². The van der Waals surface area contributed by atoms with E-state index in [1.54, 1.807) is 30.3 Å². The first-order valence-corrected chi connectivity index (χ1v) is 17.1. The molecule has 1 aliphatic heterocycles. The first-order chi connectivity index (χ1) is 24.7. The van der Waals surface area contributed by atoms with E-state index in [1.165, 1.54) is 6.92 Å². The molecule has 3 amide bonds. The van der Waals surface area contributed by atoms with Gasteiger partial charge >= 0.3 is 24.1 Å². The van der Waals surface area contributed by atoms with Crippen molar-refractivity contribution in [2.45, 2.75) is 76.5 Å². The number of hydrogen-bond donors (Lipinski definition) is 4. The molecule has 51 heavy (non-hydrogen) atoms. The zero-order valence-corrected chi connectivity index (χ0v) is 28.7. The lowest BCUT2D eigenvalue weighted by Crippen LogP contribution is -2.55. The average Bonchev–Trinajstić information content (AvgIpc) is 3.61. The molecular formula is C38H46N4O9. The first-order valence-electron chi connectivity index (χ1n) is 17.1. The van der Waals surface area contributed by atoms with Gasteiger partial charge in [-0.3, -0.25) is 9.69 Å². The minimum atomic E-state index is -1.47. The van der Waals surface area contributed by atoms with E-state index in [1.807, 2.05) is 65.6 Å². The maximum Gasteiger partial charge on any atom is 0.407 e. The molecule has 13 heteroatoms. The van der Waals surface area contributed by atoms with Crippen LogP contribution in [0.1, 0.15) is 60.5 Å². The third-order valence-corrected chi connectivity index (χ3v) is 8.45. The van der Waals surface area contributed by atoms with Crippen LogP contribution in [-0.2, 0) is 37.0 Å². The highest BCUT2D eigenvalue weighted by Gasteiger charge is 2.37. The number of carboxylic acids is 1. The van der Waals surface area contributed by atoms with Crippen LogP contribution in [0.25, 0.3) is 0 Å². The van der Waals surface area contributed by atoms with Crippen LogP contribution in [0, 0.1) is 0 Å². The minimum absolute atomic E-state index is 0.0900. The molecule has 0 aromatic heterocycles. The Kier molecular flexibility index (Phi) is 15.3. The Morgan fingerprint density at radius 1 is 0.804 bits per heavy atom. The number of rotatable bonds is 18. The second-order valence-corrected chi connectivity index (χ2v) is 12.3. The number of hydrogen-bond acceptors (Lipinski definition) is 9. The molecule has 3 aromatic rings. The van der Waals surface area contributed by atoms with E-state index in [2.05, 4.69) is 16.0 Å². The maximum atomic E-state index is 13.5. The number of alkyl carbamates (subject to hydrolysis) is 2. The molecule has 1 heterocycles. The Morgan fingerprint density at radius 2 is 1.39 bits per heavy atom. The number of carbonyl (C=O) groups excluding carboxylic acids is 4. The molecule has 1 aliphatic rings. The lowest BCUT2D eigenvalue weighted by molar-refractivity contribution is -0.145. The summed E-state index contributed by atoms with van der Waals surface area (Å²) in [5.41, 5.74) is 1.98. The summed E-state index contributed by atoms with van der Waals surface area (Å²) in [6.07, 6.45) is 0.674. The number of amides is 3. The highest BCUT2D eigenvalue weighted by Crippen LogP contribution is 2.20. The number of benzene rings is 3. The van der Waals surface area contributed by atoms with Crippen molar-refractivity contribution in [3.05, 3.63) is 108 Å². The third kappa shape index (κ3) is 13.1. The van der Waals surface area contributed by atoms with Crippen molar-refractivity contribution in [1.29, 1.82) is 0 Å². The fraction of sp³-hybridized carbons (Fsp3) is 0.395. The number of carbonyl (C=O) groups is 5. The molecule has 1 fully saturated rings. The average molecular weight is 703 g/mol. The van der Waals surface area contributed by atoms with Gasteiger partial charge in [0.2, 0.25) is 5.91 Å². The lowest BCUT2D eigenvalue weighted by Gasteiger charge is -2.30. The van der Waals surface area contributed by atoms with Crippen LogP contribution in [0.4, 0.5) is 9.59 Å². The van der Waals surface area contributed by atoms with Crippen molar-refractivity contribution >= 4 is 30.0 Å². The topological polar surface area (TPSA) is 173 Å². The number of unbranched alkanes of at least 4 members (excludes halogenated alkanes) is 1. The molecule has 0 saturated carbocycles. The number of nitrogens with zero attached hydrogens (tertiary/aromatic N) is 1. The molecule has 3 aromatic carbocycles. The van der Waals surface area contributed by atoms with Crippen molar-refractivity contribution in [3.63, 3.8) is 0 Å². The molecule has 0 aliphatic carbocycles. The Hall–Kier alpha value is -5.43. The number of carboxylic acid groups (broad SMARTS) is 1. The van der Waals surface area contributed by atoms with Gasteiger partial charge in [0.25, 0.3) is 0 Å². The summed E-state index contributed by atoms with van der Waals surface area (Å²) >= 11 is 0. The van der Waals surface area contributed by atoms with Crippen LogP contribution < -0.4 is 16.0 Å². The van der Waals surface area contributed by atoms with Gasteiger partial charge in [-0.05, 0) is 68.8 Å². The van der Waals surface area contributed by atoms with Gasteiger partial charge in [0.15, 0.2) is 6.04 Å². The summed E-state index contributed by atoms with van der Waals surface area (Å²) < 4.78 is 16.1. The standard InChI is InChI=1S/C38H46N4O9/c1-27(51-36(46)30-18-9-4-10-19-30)33(35(44)45)41-34(43)32-21-13-23-42(32)24-31(40-38(48)50-26-29-16-7-3-8-17-29)20-11-12-22-39-37(47)49-25-28-14-5-2-6-15-28/h2-10,14-19,27,31-33H,11-13,20-26H2,1H3,(H,39,47)(H,40,48)(H,41,43)(H,44,45)/t27-,31+,32+,33+/m1/s1. The van der Waals surface area contributed by atoms with E-state index in [0.717, 1.165) is 11.1 Å². The Labute approximate surface area is 297 Å². The summed E-state index contributed by atoms with van der Waals surface area (Å²) in [5, 5.41) is 18.1. The highest BCUT2D eigenvalue weighted by molar-refractivity contribution is 5.90. The fourth-order valence-corrected chi connectivity index (χ4v) is 5.75. The van der Waals surface area contributed by atoms with E-state index in [9.17, 15) is 29.1 Å². The molecule has 4 N–H and O–H groups in total. The molecule has 0 bridgehead atoms. The van der Waals surface area contributed by atoms with E-state index in [4.69, 9.17) is 14.2 Å². The second kappa shape index (κ2) is 20.3. The van der Waals surface area contributed by atoms with Gasteiger partial charge in [-0.25, -0.2) is 19.2 Å². The minimum Gasteiger partial charge on any atom is -0.480 e. The number of likely N-dealkylation sites (tertiary alicyclic amines) is 1. The van der Waals surface area contributed by atoms with Gasteiger partial charge in [0, 0.05) is 19.1 Å². The predicted octanol–water partition coefficient (Wildman–Crippen LogP) is 4.66. The Morgan fingerprint density at radius 3 is 2.00 bits per heavy atom. The van der Waals surface area contributed by atoms with Crippen LogP contribution in [0.15, 0.2) is 91.0 Å². The van der Waals surface area contributed by atoms with E-state index < -0.39 is 54.3 Å². The molecule has 1 saturated heterocycles. The van der Waals surface area contributed by atoms with Gasteiger partial charge in [0.1, 0.15) is 19.3 Å². The van der Waals surface area contributed by atoms with Crippen molar-refractivity contribution < 1.29 is 43.3 Å². The molecule has 0 unspecified atom stereocenters. The zero-order valence-electron chi connectivity index (χ0n) is 28.7. The fourth-order valence-electron chi connectivity index (χ4n) is 5.75. The van der Waals surface area contributed by atoms with Crippen LogP contribution >= 0.6 is 0 Å². The summed E-state index contributed by atoms with van der Waals surface area (Å²) in [6, 6.07) is 24.3. The van der Waals surface area contributed by atoms with Gasteiger partial charge in [-0.2, -0.15) is 0 Å². The summed E-state index contributed by atoms with van der Waals surface area (Å²) in [4.78, 5) is 65.1. The summed E-state index contributed by atoms with van der Waals surface area (Å²) in [6.45, 7) is 2.91. The predicted molar refractivity (Wildman–Crippen MR) is 188 cm³/mol. The van der Waals surface area contributed by atoms with Crippen molar-refractivity contribution in [2.75, 3.05) is 19.6 Å². The van der Waals surface area contributed by atoms with E-state index in [-0.39, 0.29) is 18.8 Å². The number of aliphatic carboxylic acids is 1. The highest BCUT2D eigenvalue weighted by atomic mass is 16.6. The summed E-state index contributed by atoms with van der Waals surface area (Å²) in [7, 11) is 0. The summed E-state index contributed by atoms with van der Waals surface area (Å²) in [5.74, 6) is -2.54. The number of ether oxygens (including phenoxy) is 3. The molecule has 4 atom stereocenters. The van der Waals surface area contributed by atoms with Gasteiger partial charge in [-0.1, -0.05) is 78.9 Å². The van der Waals surface area contributed by atoms with Crippen LogP contribution in [0.5, 0.6) is 0 Å². The van der Waals surface area contributed by atoms with Crippen LogP contribution in [0.3, 0.4) is 0 Å². The zero-order chi connectivity index (χ0) is 36.4. The van der Waals surface area contributed by atoms with Crippen molar-refractivity contribution in [2.24, 2.45) is 0 Å². The second-order valence-electron chi connectivity index (χ2n) is 12.3. The third-order valence-electron chi connectivity index (χ3n) is 8.45. The molecule has 4 rings (SSSR count). The lowest BCUT2D eigenvalue weighted by atomic mass is 10.1. The van der Waals surface area contributed by atoms with Crippen LogP contribution in [0.2, 0.25) is 0 Å². The molecule has 13 nitrogen and oxygen atoms in total. The van der Waals surface area contributed by atoms with E-state index in [0.29, 0.717) is 51.7 Å². The van der Waals surface area contributed by atoms with Gasteiger partial charge < -0.3 is 35.3 Å². The molecule has 0 spiro atoms. The number of esters is 1. The normalized spacial score (nSPS) is 15.8. The smallest absolute Gasteiger partial charge is 0.407 e. The quantitative estimate of drug-likeness (QED) is 0.0830. The van der Waals surface area contributed by atoms with Gasteiger partial charge in [-0.15, -0.1) is 0 Å². The Balaban J connectivity index is 1.31. The maximum absolute atomic E-state index is 13.5. The monoisotopic (exact) mass is 702 g/mol. The van der Waals surface area contributed by atoms with Crippen molar-refractivity contribution in [1.82, 2.24) is 20.9 Å². The van der Waals surface area contributed by atoms with Crippen LogP contribution in [-0.4, -0.2) is 83.9 Å². The SMILES string of the molecule is C[C@@H](OC(=O)c1ccccc1)[C@H](NC(=O)[C@@H]1CCCN1C[C@H](CCCCNC(=O)OCc1ccccc1)NC(=O)OCc1ccccc1)C(=O)O. The first kappa shape index (κ1) is 38.4. The largest absolute Gasteiger partial charge is 0.480 e. The van der Waals surface area contributed by atoms with Gasteiger partial charge in [0.05, 0.1) is 11.6 Å². The van der Waals surface area contributed by atoms with Crippen molar-refractivity contribution in [3.8, 4) is 0 Å². The molecule has 0 radical (unpaired) electrons. The Bertz CT molecular complexity index is 1560. The molecular weight excluding hydrogens is 656 g/mol. The number of nitrogens with one attached hydrogen (secondary N) is 3. The molecule has 272 valence electrons.